The Morgan fingerprint density at radius 3 is 2.67 bits per heavy atom. The summed E-state index contributed by atoms with van der Waals surface area (Å²) in [7, 11) is 0. The van der Waals surface area contributed by atoms with E-state index in [1.54, 1.807) is 6.92 Å². The molecular formula is C29H29N3O4. The summed E-state index contributed by atoms with van der Waals surface area (Å²) in [5.41, 5.74) is 2.09. The van der Waals surface area contributed by atoms with Gasteiger partial charge in [-0.2, -0.15) is 4.98 Å². The first-order chi connectivity index (χ1) is 17.6. The number of aryl methyl sites for hydroxylation is 1. The molecule has 2 aromatic heterocycles. The summed E-state index contributed by atoms with van der Waals surface area (Å²) in [5, 5.41) is 18.0. The molecule has 7 nitrogen and oxygen atoms in total. The average molecular weight is 484 g/mol. The van der Waals surface area contributed by atoms with Gasteiger partial charge in [0.15, 0.2) is 5.76 Å². The molecule has 0 aliphatic carbocycles. The number of aliphatic hydroxyl groups excluding tert-OH is 1. The highest BCUT2D eigenvalue weighted by atomic mass is 16.5. The molecule has 1 N–H and O–H groups in total. The lowest BCUT2D eigenvalue weighted by Crippen LogP contribution is -2.40. The number of rotatable bonds is 7. The van der Waals surface area contributed by atoms with E-state index >= 15 is 0 Å². The van der Waals surface area contributed by atoms with Gasteiger partial charge in [-0.05, 0) is 66.4 Å². The number of aliphatic hydroxyl groups is 1. The molecule has 0 saturated carbocycles. The maximum atomic E-state index is 10.7. The molecule has 1 aliphatic heterocycles. The van der Waals surface area contributed by atoms with Gasteiger partial charge in [-0.25, -0.2) is 0 Å². The SMILES string of the molecule is Cc1nc(-c2cc3c(OC[C@@H](O)CN4CCC(c5ccc6ccccc6c5)CC4)cccc3o2)no1. The zero-order chi connectivity index (χ0) is 24.5. The molecule has 0 unspecified atom stereocenters. The summed E-state index contributed by atoms with van der Waals surface area (Å²) in [6.07, 6.45) is 1.61. The van der Waals surface area contributed by atoms with Gasteiger partial charge in [0.05, 0.1) is 5.39 Å². The highest BCUT2D eigenvalue weighted by molar-refractivity contribution is 5.87. The van der Waals surface area contributed by atoms with E-state index in [1.807, 2.05) is 24.3 Å². The van der Waals surface area contributed by atoms with Crippen LogP contribution in [0, 0.1) is 6.92 Å². The fraction of sp³-hybridized carbons (Fsp3) is 0.310. The second kappa shape index (κ2) is 9.76. The van der Waals surface area contributed by atoms with Crippen LogP contribution in [0.3, 0.4) is 0 Å². The normalized spacial score (nSPS) is 16.1. The largest absolute Gasteiger partial charge is 0.490 e. The first-order valence-corrected chi connectivity index (χ1v) is 12.5. The van der Waals surface area contributed by atoms with Gasteiger partial charge in [0.1, 0.15) is 24.0 Å². The third-order valence-corrected chi connectivity index (χ3v) is 7.00. The predicted octanol–water partition coefficient (Wildman–Crippen LogP) is 5.56. The van der Waals surface area contributed by atoms with E-state index in [-0.39, 0.29) is 6.61 Å². The molecule has 6 rings (SSSR count). The number of fused-ring (bicyclic) bond motifs is 2. The van der Waals surface area contributed by atoms with Gasteiger partial charge in [-0.3, -0.25) is 0 Å². The Morgan fingerprint density at radius 2 is 1.86 bits per heavy atom. The fourth-order valence-corrected chi connectivity index (χ4v) is 5.12. The van der Waals surface area contributed by atoms with Gasteiger partial charge < -0.3 is 23.7 Å². The number of aromatic nitrogens is 2. The maximum absolute atomic E-state index is 10.7. The minimum atomic E-state index is -0.580. The second-order valence-electron chi connectivity index (χ2n) is 9.56. The Kier molecular flexibility index (Phi) is 6.17. The quantitative estimate of drug-likeness (QED) is 0.324. The van der Waals surface area contributed by atoms with Crippen LogP contribution < -0.4 is 4.74 Å². The van der Waals surface area contributed by atoms with Crippen LogP contribution in [0.2, 0.25) is 0 Å². The summed E-state index contributed by atoms with van der Waals surface area (Å²) in [5.74, 6) is 2.63. The minimum Gasteiger partial charge on any atom is -0.490 e. The Morgan fingerprint density at radius 1 is 1.03 bits per heavy atom. The van der Waals surface area contributed by atoms with Crippen LogP contribution in [0.5, 0.6) is 5.75 Å². The van der Waals surface area contributed by atoms with Crippen molar-refractivity contribution in [3.8, 4) is 17.3 Å². The number of nitrogens with zero attached hydrogens (tertiary/aromatic N) is 3. The predicted molar refractivity (Wildman–Crippen MR) is 138 cm³/mol. The molecule has 3 heterocycles. The molecule has 0 amide bonds. The number of benzene rings is 3. The van der Waals surface area contributed by atoms with Crippen molar-refractivity contribution in [3.05, 3.63) is 78.2 Å². The number of likely N-dealkylation sites (tertiary alicyclic amines) is 1. The molecule has 1 atom stereocenters. The van der Waals surface area contributed by atoms with Crippen molar-refractivity contribution in [2.75, 3.05) is 26.2 Å². The number of β-amino-alcohol motifs (C(OH)–C–C–N with tert-alkyl or cyclic N) is 1. The highest BCUT2D eigenvalue weighted by Gasteiger charge is 2.23. The monoisotopic (exact) mass is 483 g/mol. The zero-order valence-electron chi connectivity index (χ0n) is 20.3. The second-order valence-corrected chi connectivity index (χ2v) is 9.56. The van der Waals surface area contributed by atoms with Crippen molar-refractivity contribution in [1.29, 1.82) is 0 Å². The number of piperidine rings is 1. The summed E-state index contributed by atoms with van der Waals surface area (Å²) >= 11 is 0. The number of ether oxygens (including phenoxy) is 1. The molecule has 0 bridgehead atoms. The Balaban J connectivity index is 1.04. The molecule has 0 spiro atoms. The molecule has 184 valence electrons. The van der Waals surface area contributed by atoms with E-state index in [1.165, 1.54) is 16.3 Å². The maximum Gasteiger partial charge on any atom is 0.238 e. The number of hydrogen-bond acceptors (Lipinski definition) is 7. The highest BCUT2D eigenvalue weighted by Crippen LogP contribution is 2.33. The molecule has 36 heavy (non-hydrogen) atoms. The third-order valence-electron chi connectivity index (χ3n) is 7.00. The van der Waals surface area contributed by atoms with E-state index in [0.717, 1.165) is 31.3 Å². The standard InChI is InChI=1S/C29H29N3O4/c1-19-30-29(31-36-19)28-16-25-26(7-4-8-27(25)35-28)34-18-24(33)17-32-13-11-21(12-14-32)23-10-9-20-5-2-3-6-22(20)15-23/h2-10,15-16,21,24,33H,11-14,17-18H2,1H3/t24-/m0/s1. The van der Waals surface area contributed by atoms with Crippen LogP contribution in [-0.2, 0) is 0 Å². The van der Waals surface area contributed by atoms with E-state index in [9.17, 15) is 5.11 Å². The van der Waals surface area contributed by atoms with Gasteiger partial charge >= 0.3 is 0 Å². The average Bonchev–Trinajstić information content (AvgIpc) is 3.54. The van der Waals surface area contributed by atoms with Crippen molar-refractivity contribution in [2.45, 2.75) is 31.8 Å². The van der Waals surface area contributed by atoms with Gasteiger partial charge in [0.2, 0.25) is 11.7 Å². The molecule has 0 radical (unpaired) electrons. The summed E-state index contributed by atoms with van der Waals surface area (Å²) in [6.45, 7) is 4.49. The van der Waals surface area contributed by atoms with Crippen LogP contribution in [0.15, 0.2) is 75.7 Å². The topological polar surface area (TPSA) is 84.8 Å². The van der Waals surface area contributed by atoms with Gasteiger partial charge in [-0.1, -0.05) is 53.7 Å². The first kappa shape index (κ1) is 22.8. The van der Waals surface area contributed by atoms with Gasteiger partial charge in [0, 0.05) is 13.5 Å². The van der Waals surface area contributed by atoms with E-state index < -0.39 is 6.10 Å². The Hall–Kier alpha value is -3.68. The zero-order valence-corrected chi connectivity index (χ0v) is 20.3. The molecule has 1 fully saturated rings. The van der Waals surface area contributed by atoms with Crippen molar-refractivity contribution in [1.82, 2.24) is 15.0 Å². The smallest absolute Gasteiger partial charge is 0.238 e. The van der Waals surface area contributed by atoms with Crippen LogP contribution in [-0.4, -0.2) is 52.5 Å². The van der Waals surface area contributed by atoms with Gasteiger partial charge in [0.25, 0.3) is 0 Å². The minimum absolute atomic E-state index is 0.214. The fourth-order valence-electron chi connectivity index (χ4n) is 5.12. The number of furan rings is 1. The van der Waals surface area contributed by atoms with E-state index in [4.69, 9.17) is 13.7 Å². The van der Waals surface area contributed by atoms with Crippen molar-refractivity contribution in [2.24, 2.45) is 0 Å². The molecule has 1 saturated heterocycles. The molecule has 3 aromatic carbocycles. The molecule has 1 aliphatic rings. The van der Waals surface area contributed by atoms with Crippen LogP contribution in [0.1, 0.15) is 30.2 Å². The lowest BCUT2D eigenvalue weighted by Gasteiger charge is -2.33. The van der Waals surface area contributed by atoms with Crippen molar-refractivity contribution >= 4 is 21.7 Å². The van der Waals surface area contributed by atoms with Crippen molar-refractivity contribution < 1.29 is 18.8 Å². The molecular weight excluding hydrogens is 454 g/mol. The lowest BCUT2D eigenvalue weighted by atomic mass is 9.88. The number of hydrogen-bond donors (Lipinski definition) is 1. The molecule has 5 aromatic rings. The first-order valence-electron chi connectivity index (χ1n) is 12.5. The summed E-state index contributed by atoms with van der Waals surface area (Å²) in [6, 6.07) is 22.8. The van der Waals surface area contributed by atoms with Crippen LogP contribution in [0.25, 0.3) is 33.3 Å². The van der Waals surface area contributed by atoms with E-state index in [2.05, 4.69) is 57.5 Å². The van der Waals surface area contributed by atoms with Crippen LogP contribution >= 0.6 is 0 Å². The third kappa shape index (κ3) is 4.72. The van der Waals surface area contributed by atoms with Gasteiger partial charge in [-0.15, -0.1) is 0 Å². The van der Waals surface area contributed by atoms with Crippen LogP contribution in [0.4, 0.5) is 0 Å². The Bertz CT molecular complexity index is 1480. The summed E-state index contributed by atoms with van der Waals surface area (Å²) < 4.78 is 16.9. The molecule has 7 heteroatoms. The lowest BCUT2D eigenvalue weighted by molar-refractivity contribution is 0.0599. The summed E-state index contributed by atoms with van der Waals surface area (Å²) in [4.78, 5) is 6.56. The Labute approximate surface area is 209 Å². The van der Waals surface area contributed by atoms with E-state index in [0.29, 0.717) is 41.3 Å². The van der Waals surface area contributed by atoms with Crippen molar-refractivity contribution in [3.63, 3.8) is 0 Å².